The lowest BCUT2D eigenvalue weighted by molar-refractivity contribution is -0.0497. The van der Waals surface area contributed by atoms with Crippen molar-refractivity contribution < 1.29 is 31.9 Å². The molecule has 0 atom stereocenters. The van der Waals surface area contributed by atoms with E-state index >= 15 is 0 Å². The lowest BCUT2D eigenvalue weighted by Crippen LogP contribution is -2.11. The van der Waals surface area contributed by atoms with Crippen molar-refractivity contribution in [2.45, 2.75) is 13.2 Å². The predicted octanol–water partition coefficient (Wildman–Crippen LogP) is 6.16. The molecule has 0 unspecified atom stereocenters. The minimum absolute atomic E-state index is 0.0159. The van der Waals surface area contributed by atoms with E-state index in [9.17, 15) is 18.0 Å². The Hall–Kier alpha value is -2.84. The number of furan rings is 1. The van der Waals surface area contributed by atoms with Crippen LogP contribution in [0.5, 0.6) is 11.5 Å². The second kappa shape index (κ2) is 9.11. The lowest BCUT2D eigenvalue weighted by Gasteiger charge is -2.09. The highest BCUT2D eigenvalue weighted by molar-refractivity contribution is 6.32. The number of nitrogens with one attached hydrogen (secondary N) is 1. The number of hydrogen-bond acceptors (Lipinski definition) is 4. The van der Waals surface area contributed by atoms with Crippen LogP contribution in [0.4, 0.5) is 18.9 Å². The molecular weight excluding hydrogens is 434 g/mol. The SMILES string of the molecule is O=C(Nc1ccc(OC(F)F)c(Cl)c1)c1ccc(COc2ccc(F)cc2Cl)o1. The number of hydrogen-bond donors (Lipinski definition) is 1. The van der Waals surface area contributed by atoms with Gasteiger partial charge in [-0.25, -0.2) is 4.39 Å². The van der Waals surface area contributed by atoms with Gasteiger partial charge >= 0.3 is 6.61 Å². The first-order valence-electron chi connectivity index (χ1n) is 8.04. The van der Waals surface area contributed by atoms with E-state index in [1.807, 2.05) is 0 Å². The van der Waals surface area contributed by atoms with E-state index in [4.69, 9.17) is 32.4 Å². The smallest absolute Gasteiger partial charge is 0.387 e. The number of amides is 1. The average molecular weight is 446 g/mol. The first kappa shape index (κ1) is 20.9. The number of anilines is 1. The van der Waals surface area contributed by atoms with Crippen LogP contribution in [0.25, 0.3) is 0 Å². The molecule has 1 N–H and O–H groups in total. The van der Waals surface area contributed by atoms with Crippen LogP contribution in [0.15, 0.2) is 52.9 Å². The molecule has 0 spiro atoms. The van der Waals surface area contributed by atoms with Gasteiger partial charge in [0.1, 0.15) is 29.7 Å². The lowest BCUT2D eigenvalue weighted by atomic mass is 10.3. The van der Waals surface area contributed by atoms with Gasteiger partial charge in [-0.05, 0) is 48.5 Å². The maximum atomic E-state index is 13.0. The van der Waals surface area contributed by atoms with Gasteiger partial charge in [0.05, 0.1) is 10.0 Å². The molecule has 0 aliphatic rings. The Morgan fingerprint density at radius 3 is 2.45 bits per heavy atom. The Bertz CT molecular complexity index is 1030. The van der Waals surface area contributed by atoms with Gasteiger partial charge in [0.25, 0.3) is 5.91 Å². The molecule has 5 nitrogen and oxygen atoms in total. The molecule has 29 heavy (non-hydrogen) atoms. The van der Waals surface area contributed by atoms with Gasteiger partial charge in [-0.1, -0.05) is 23.2 Å². The molecule has 0 saturated heterocycles. The summed E-state index contributed by atoms with van der Waals surface area (Å²) in [5.41, 5.74) is 0.258. The van der Waals surface area contributed by atoms with E-state index in [0.29, 0.717) is 5.76 Å². The fourth-order valence-electron chi connectivity index (χ4n) is 2.28. The summed E-state index contributed by atoms with van der Waals surface area (Å²) in [4.78, 5) is 12.3. The maximum absolute atomic E-state index is 13.0. The van der Waals surface area contributed by atoms with Crippen molar-refractivity contribution in [2.75, 3.05) is 5.32 Å². The first-order valence-corrected chi connectivity index (χ1v) is 8.79. The third-order valence-corrected chi connectivity index (χ3v) is 4.15. The third kappa shape index (κ3) is 5.58. The van der Waals surface area contributed by atoms with E-state index < -0.39 is 18.3 Å². The highest BCUT2D eigenvalue weighted by Crippen LogP contribution is 2.29. The summed E-state index contributed by atoms with van der Waals surface area (Å²) in [6.07, 6.45) is 0. The predicted molar refractivity (Wildman–Crippen MR) is 100 cm³/mol. The van der Waals surface area contributed by atoms with Crippen molar-refractivity contribution >= 4 is 34.8 Å². The summed E-state index contributed by atoms with van der Waals surface area (Å²) < 4.78 is 52.6. The van der Waals surface area contributed by atoms with Crippen LogP contribution >= 0.6 is 23.2 Å². The van der Waals surface area contributed by atoms with Crippen molar-refractivity contribution in [2.24, 2.45) is 0 Å². The Labute approximate surface area is 172 Å². The molecule has 10 heteroatoms. The number of carbonyl (C=O) groups is 1. The summed E-state index contributed by atoms with van der Waals surface area (Å²) in [6.45, 7) is -3.05. The third-order valence-electron chi connectivity index (χ3n) is 3.56. The molecule has 0 bridgehead atoms. The molecule has 152 valence electrons. The van der Waals surface area contributed by atoms with Gasteiger partial charge in [0.2, 0.25) is 0 Å². The van der Waals surface area contributed by atoms with Crippen molar-refractivity contribution in [3.8, 4) is 11.5 Å². The van der Waals surface area contributed by atoms with Crippen LogP contribution in [0.3, 0.4) is 0 Å². The van der Waals surface area contributed by atoms with Gasteiger partial charge in [-0.3, -0.25) is 4.79 Å². The van der Waals surface area contributed by atoms with E-state index in [2.05, 4.69) is 10.1 Å². The highest BCUT2D eigenvalue weighted by Gasteiger charge is 2.14. The molecule has 1 heterocycles. The van der Waals surface area contributed by atoms with Crippen LogP contribution in [-0.2, 0) is 6.61 Å². The summed E-state index contributed by atoms with van der Waals surface area (Å²) in [5.74, 6) is -0.720. The first-order chi connectivity index (χ1) is 13.8. The topological polar surface area (TPSA) is 60.7 Å². The van der Waals surface area contributed by atoms with E-state index in [0.717, 1.165) is 6.07 Å². The summed E-state index contributed by atoms with van der Waals surface area (Å²) in [5, 5.41) is 2.53. The van der Waals surface area contributed by atoms with Gasteiger partial charge in [0, 0.05) is 5.69 Å². The van der Waals surface area contributed by atoms with Crippen LogP contribution in [0.2, 0.25) is 10.0 Å². The summed E-state index contributed by atoms with van der Waals surface area (Å²) in [7, 11) is 0. The van der Waals surface area contributed by atoms with Crippen molar-refractivity contribution in [3.05, 3.63) is 75.9 Å². The Kier molecular flexibility index (Phi) is 6.56. The van der Waals surface area contributed by atoms with Crippen LogP contribution in [0, 0.1) is 5.82 Å². The normalized spacial score (nSPS) is 10.8. The van der Waals surface area contributed by atoms with Crippen LogP contribution in [-0.4, -0.2) is 12.5 Å². The number of alkyl halides is 2. The van der Waals surface area contributed by atoms with E-state index in [1.165, 1.54) is 42.5 Å². The van der Waals surface area contributed by atoms with Gasteiger partial charge in [-0.15, -0.1) is 0 Å². The van der Waals surface area contributed by atoms with Gasteiger partial charge in [0.15, 0.2) is 5.76 Å². The Morgan fingerprint density at radius 1 is 1.03 bits per heavy atom. The highest BCUT2D eigenvalue weighted by atomic mass is 35.5. The molecule has 0 aliphatic carbocycles. The number of rotatable bonds is 7. The van der Waals surface area contributed by atoms with Crippen molar-refractivity contribution in [1.29, 1.82) is 0 Å². The largest absolute Gasteiger partial charge is 0.484 e. The minimum atomic E-state index is -3.01. The summed E-state index contributed by atoms with van der Waals surface area (Å²) >= 11 is 11.7. The van der Waals surface area contributed by atoms with Crippen molar-refractivity contribution in [3.63, 3.8) is 0 Å². The maximum Gasteiger partial charge on any atom is 0.387 e. The molecule has 0 saturated carbocycles. The second-order valence-electron chi connectivity index (χ2n) is 5.61. The molecule has 1 amide bonds. The molecule has 0 radical (unpaired) electrons. The monoisotopic (exact) mass is 445 g/mol. The molecular formula is C19H12Cl2F3NO4. The fourth-order valence-corrected chi connectivity index (χ4v) is 2.73. The van der Waals surface area contributed by atoms with Crippen LogP contribution < -0.4 is 14.8 Å². The van der Waals surface area contributed by atoms with Crippen LogP contribution in [0.1, 0.15) is 16.3 Å². The quantitative estimate of drug-likeness (QED) is 0.473. The molecule has 0 fully saturated rings. The van der Waals surface area contributed by atoms with Crippen molar-refractivity contribution in [1.82, 2.24) is 0 Å². The standard InChI is InChI=1S/C19H12Cl2F3NO4/c20-13-7-10(22)1-4-15(13)27-9-12-3-6-17(28-12)18(26)25-11-2-5-16(14(21)8-11)29-19(23)24/h1-8,19H,9H2,(H,25,26). The molecule has 2 aromatic carbocycles. The van der Waals surface area contributed by atoms with E-state index in [1.54, 1.807) is 0 Å². The molecule has 3 rings (SSSR count). The zero-order chi connectivity index (χ0) is 21.0. The zero-order valence-corrected chi connectivity index (χ0v) is 15.9. The average Bonchev–Trinajstić information content (AvgIpc) is 3.12. The zero-order valence-electron chi connectivity index (χ0n) is 14.4. The number of carbonyl (C=O) groups excluding carboxylic acids is 1. The Balaban J connectivity index is 1.61. The molecule has 1 aromatic heterocycles. The van der Waals surface area contributed by atoms with E-state index in [-0.39, 0.29) is 39.6 Å². The number of benzene rings is 2. The fraction of sp³-hybridized carbons (Fsp3) is 0.105. The van der Waals surface area contributed by atoms with Gasteiger partial charge < -0.3 is 19.2 Å². The number of halogens is 5. The van der Waals surface area contributed by atoms with Gasteiger partial charge in [-0.2, -0.15) is 8.78 Å². The molecule has 0 aliphatic heterocycles. The minimum Gasteiger partial charge on any atom is -0.484 e. The Morgan fingerprint density at radius 2 is 1.76 bits per heavy atom. The number of ether oxygens (including phenoxy) is 2. The summed E-state index contributed by atoms with van der Waals surface area (Å²) in [6, 6.07) is 10.5. The second-order valence-corrected chi connectivity index (χ2v) is 6.42. The molecule has 3 aromatic rings.